The van der Waals surface area contributed by atoms with Crippen LogP contribution in [0.25, 0.3) is 0 Å². The number of nitrogens with zero attached hydrogens (tertiary/aromatic N) is 1. The SMILES string of the molecule is C=CCOc1c(CC=C)cc(C=NNC(N)=O)cc1OC. The first kappa shape index (κ1) is 16.3. The zero-order valence-electron chi connectivity index (χ0n) is 12.0. The van der Waals surface area contributed by atoms with E-state index in [4.69, 9.17) is 15.2 Å². The van der Waals surface area contributed by atoms with E-state index in [0.717, 1.165) is 11.1 Å². The first-order valence-corrected chi connectivity index (χ1v) is 6.26. The zero-order chi connectivity index (χ0) is 15.7. The van der Waals surface area contributed by atoms with Crippen molar-refractivity contribution in [2.75, 3.05) is 13.7 Å². The van der Waals surface area contributed by atoms with Gasteiger partial charge in [-0.2, -0.15) is 5.10 Å². The number of hydrazone groups is 1. The number of nitrogens with two attached hydrogens (primary N) is 1. The molecule has 6 nitrogen and oxygen atoms in total. The van der Waals surface area contributed by atoms with E-state index in [1.54, 1.807) is 25.3 Å². The predicted molar refractivity (Wildman–Crippen MR) is 82.9 cm³/mol. The Balaban J connectivity index is 3.14. The number of primary amides is 1. The fourth-order valence-corrected chi connectivity index (χ4v) is 1.69. The van der Waals surface area contributed by atoms with Crippen LogP contribution in [0.2, 0.25) is 0 Å². The molecule has 0 aliphatic rings. The molecule has 1 aromatic rings. The number of methoxy groups -OCH3 is 1. The molecule has 112 valence electrons. The number of benzene rings is 1. The predicted octanol–water partition coefficient (Wildman–Crippen LogP) is 1.99. The van der Waals surface area contributed by atoms with Crippen LogP contribution < -0.4 is 20.6 Å². The minimum absolute atomic E-state index is 0.372. The van der Waals surface area contributed by atoms with Crippen LogP contribution in [0.1, 0.15) is 11.1 Å². The number of hydrogen-bond acceptors (Lipinski definition) is 4. The molecule has 0 aromatic heterocycles. The summed E-state index contributed by atoms with van der Waals surface area (Å²) in [6.07, 6.45) is 5.49. The van der Waals surface area contributed by atoms with Crippen molar-refractivity contribution < 1.29 is 14.3 Å². The Morgan fingerprint density at radius 3 is 2.76 bits per heavy atom. The van der Waals surface area contributed by atoms with Crippen LogP contribution in [-0.2, 0) is 6.42 Å². The van der Waals surface area contributed by atoms with Crippen molar-refractivity contribution >= 4 is 12.2 Å². The molecule has 0 unspecified atom stereocenters. The maximum atomic E-state index is 10.6. The molecular weight excluding hydrogens is 270 g/mol. The van der Waals surface area contributed by atoms with E-state index in [1.165, 1.54) is 6.21 Å². The van der Waals surface area contributed by atoms with Gasteiger partial charge in [0, 0.05) is 5.56 Å². The minimum atomic E-state index is -0.726. The van der Waals surface area contributed by atoms with Gasteiger partial charge >= 0.3 is 6.03 Å². The number of ether oxygens (including phenoxy) is 2. The molecule has 0 saturated carbocycles. The Hall–Kier alpha value is -2.76. The maximum Gasteiger partial charge on any atom is 0.332 e. The van der Waals surface area contributed by atoms with Crippen molar-refractivity contribution in [1.82, 2.24) is 5.43 Å². The van der Waals surface area contributed by atoms with Crippen molar-refractivity contribution in [3.05, 3.63) is 48.6 Å². The number of amides is 2. The summed E-state index contributed by atoms with van der Waals surface area (Å²) in [7, 11) is 1.55. The molecule has 0 saturated heterocycles. The third kappa shape index (κ3) is 5.02. The highest BCUT2D eigenvalue weighted by atomic mass is 16.5. The highest BCUT2D eigenvalue weighted by Gasteiger charge is 2.11. The van der Waals surface area contributed by atoms with Gasteiger partial charge in [-0.1, -0.05) is 18.7 Å². The maximum absolute atomic E-state index is 10.6. The molecular formula is C15H19N3O3. The second kappa shape index (κ2) is 8.42. The molecule has 0 aliphatic carbocycles. The van der Waals surface area contributed by atoms with Gasteiger partial charge < -0.3 is 15.2 Å². The van der Waals surface area contributed by atoms with E-state index < -0.39 is 6.03 Å². The Kier molecular flexibility index (Phi) is 6.53. The number of nitrogens with one attached hydrogen (secondary N) is 1. The molecule has 1 aromatic carbocycles. The molecule has 0 bridgehead atoms. The molecule has 3 N–H and O–H groups in total. The summed E-state index contributed by atoms with van der Waals surface area (Å²) in [4.78, 5) is 10.6. The molecule has 0 fully saturated rings. The van der Waals surface area contributed by atoms with Crippen molar-refractivity contribution in [2.24, 2.45) is 10.8 Å². The van der Waals surface area contributed by atoms with E-state index in [0.29, 0.717) is 24.5 Å². The molecule has 21 heavy (non-hydrogen) atoms. The van der Waals surface area contributed by atoms with E-state index in [2.05, 4.69) is 23.7 Å². The second-order valence-electron chi connectivity index (χ2n) is 4.04. The Bertz CT molecular complexity index is 553. The van der Waals surface area contributed by atoms with Crippen LogP contribution in [0.15, 0.2) is 42.5 Å². The second-order valence-corrected chi connectivity index (χ2v) is 4.04. The van der Waals surface area contributed by atoms with Gasteiger partial charge in [0.2, 0.25) is 0 Å². The summed E-state index contributed by atoms with van der Waals surface area (Å²) in [6.45, 7) is 7.72. The molecule has 6 heteroatoms. The molecule has 0 atom stereocenters. The molecule has 2 amide bonds. The van der Waals surface area contributed by atoms with Gasteiger partial charge in [-0.05, 0) is 24.1 Å². The van der Waals surface area contributed by atoms with Gasteiger partial charge in [0.15, 0.2) is 11.5 Å². The Labute approximate surface area is 123 Å². The first-order valence-electron chi connectivity index (χ1n) is 6.26. The minimum Gasteiger partial charge on any atom is -0.493 e. The van der Waals surface area contributed by atoms with Crippen LogP contribution in [0.4, 0.5) is 4.79 Å². The third-order valence-electron chi connectivity index (χ3n) is 2.47. The molecule has 0 aliphatic heterocycles. The number of carbonyl (C=O) groups is 1. The van der Waals surface area contributed by atoms with Crippen molar-refractivity contribution in [3.8, 4) is 11.5 Å². The molecule has 1 rings (SSSR count). The highest BCUT2D eigenvalue weighted by molar-refractivity contribution is 5.83. The van der Waals surface area contributed by atoms with Crippen LogP contribution in [0, 0.1) is 0 Å². The fraction of sp³-hybridized carbons (Fsp3) is 0.200. The smallest absolute Gasteiger partial charge is 0.332 e. The monoisotopic (exact) mass is 289 g/mol. The van der Waals surface area contributed by atoms with Gasteiger partial charge in [-0.3, -0.25) is 0 Å². The van der Waals surface area contributed by atoms with Crippen molar-refractivity contribution in [2.45, 2.75) is 6.42 Å². The van der Waals surface area contributed by atoms with Crippen LogP contribution in [-0.4, -0.2) is 26.0 Å². The van der Waals surface area contributed by atoms with E-state index in [-0.39, 0.29) is 0 Å². The number of carbonyl (C=O) groups excluding carboxylic acids is 1. The van der Waals surface area contributed by atoms with Gasteiger partial charge in [0.25, 0.3) is 0 Å². The average molecular weight is 289 g/mol. The van der Waals surface area contributed by atoms with Gasteiger partial charge in [0.05, 0.1) is 13.3 Å². The van der Waals surface area contributed by atoms with Crippen molar-refractivity contribution in [3.63, 3.8) is 0 Å². The van der Waals surface area contributed by atoms with E-state index in [1.807, 2.05) is 6.07 Å². The number of rotatable bonds is 8. The van der Waals surface area contributed by atoms with Crippen LogP contribution >= 0.6 is 0 Å². The molecule has 0 spiro atoms. The number of urea groups is 1. The lowest BCUT2D eigenvalue weighted by atomic mass is 10.1. The lowest BCUT2D eigenvalue weighted by molar-refractivity contribution is 0.249. The van der Waals surface area contributed by atoms with E-state index in [9.17, 15) is 4.79 Å². The Morgan fingerprint density at radius 2 is 2.19 bits per heavy atom. The first-order chi connectivity index (χ1) is 10.1. The summed E-state index contributed by atoms with van der Waals surface area (Å²) >= 11 is 0. The quantitative estimate of drug-likeness (QED) is 0.436. The third-order valence-corrected chi connectivity index (χ3v) is 2.47. The summed E-state index contributed by atoms with van der Waals surface area (Å²) in [5.74, 6) is 1.20. The normalized spacial score (nSPS) is 10.1. The summed E-state index contributed by atoms with van der Waals surface area (Å²) < 4.78 is 11.0. The standard InChI is InChI=1S/C15H19N3O3/c1-4-6-12-8-11(10-17-18-15(16)19)9-13(20-3)14(12)21-7-5-2/h4-5,8-10H,1-2,6-7H2,3H3,(H3,16,18,19). The van der Waals surface area contributed by atoms with Gasteiger partial charge in [-0.25, -0.2) is 10.2 Å². The number of allylic oxidation sites excluding steroid dienone is 1. The summed E-state index contributed by atoms with van der Waals surface area (Å²) in [5.41, 5.74) is 8.71. The fourth-order valence-electron chi connectivity index (χ4n) is 1.69. The lowest BCUT2D eigenvalue weighted by Crippen LogP contribution is -2.24. The summed E-state index contributed by atoms with van der Waals surface area (Å²) in [5, 5.41) is 3.72. The van der Waals surface area contributed by atoms with Crippen LogP contribution in [0.3, 0.4) is 0 Å². The Morgan fingerprint density at radius 1 is 1.43 bits per heavy atom. The summed E-state index contributed by atoms with van der Waals surface area (Å²) in [6, 6.07) is 2.89. The molecule has 0 radical (unpaired) electrons. The van der Waals surface area contributed by atoms with Crippen molar-refractivity contribution in [1.29, 1.82) is 0 Å². The topological polar surface area (TPSA) is 85.9 Å². The van der Waals surface area contributed by atoms with Gasteiger partial charge in [0.1, 0.15) is 6.61 Å². The molecule has 0 heterocycles. The average Bonchev–Trinajstić information content (AvgIpc) is 2.45. The highest BCUT2D eigenvalue weighted by Crippen LogP contribution is 2.33. The number of hydrogen-bond donors (Lipinski definition) is 2. The van der Waals surface area contributed by atoms with Crippen LogP contribution in [0.5, 0.6) is 11.5 Å². The lowest BCUT2D eigenvalue weighted by Gasteiger charge is -2.14. The van der Waals surface area contributed by atoms with E-state index >= 15 is 0 Å². The van der Waals surface area contributed by atoms with Gasteiger partial charge in [-0.15, -0.1) is 6.58 Å². The largest absolute Gasteiger partial charge is 0.493 e. The zero-order valence-corrected chi connectivity index (χ0v) is 12.0.